The van der Waals surface area contributed by atoms with Crippen LogP contribution in [0.3, 0.4) is 0 Å². The van der Waals surface area contributed by atoms with E-state index in [0.29, 0.717) is 5.92 Å². The summed E-state index contributed by atoms with van der Waals surface area (Å²) in [5.41, 5.74) is 3.66. The quantitative estimate of drug-likeness (QED) is 0.908. The van der Waals surface area contributed by atoms with Gasteiger partial charge in [0.15, 0.2) is 0 Å². The van der Waals surface area contributed by atoms with Crippen molar-refractivity contribution < 1.29 is 9.47 Å². The highest BCUT2D eigenvalue weighted by Crippen LogP contribution is 2.38. The molecule has 2 aliphatic rings. The summed E-state index contributed by atoms with van der Waals surface area (Å²) >= 11 is 0. The minimum absolute atomic E-state index is 0.0941. The molecule has 0 spiro atoms. The predicted molar refractivity (Wildman–Crippen MR) is 96.6 cm³/mol. The van der Waals surface area contributed by atoms with Gasteiger partial charge in [0.05, 0.1) is 12.3 Å². The number of hydrogen-bond donors (Lipinski definition) is 1. The number of fused-ring (bicyclic) bond motifs is 1. The number of rotatable bonds is 5. The highest BCUT2D eigenvalue weighted by molar-refractivity contribution is 5.45. The molecule has 1 saturated heterocycles. The number of hydrogen-bond acceptors (Lipinski definition) is 4. The summed E-state index contributed by atoms with van der Waals surface area (Å²) in [4.78, 5) is 0. The maximum absolute atomic E-state index is 6.17. The van der Waals surface area contributed by atoms with Gasteiger partial charge < -0.3 is 14.8 Å². The van der Waals surface area contributed by atoms with Crippen LogP contribution >= 0.6 is 0 Å². The normalized spacial score (nSPS) is 24.3. The maximum atomic E-state index is 6.17. The minimum Gasteiger partial charge on any atom is -0.487 e. The van der Waals surface area contributed by atoms with Crippen LogP contribution in [0.5, 0.6) is 5.75 Å². The van der Waals surface area contributed by atoms with E-state index in [9.17, 15) is 0 Å². The van der Waals surface area contributed by atoms with Crippen LogP contribution in [0.4, 0.5) is 0 Å². The lowest BCUT2D eigenvalue weighted by Crippen LogP contribution is -2.26. The third-order valence-corrected chi connectivity index (χ3v) is 5.16. The van der Waals surface area contributed by atoms with Crippen molar-refractivity contribution >= 4 is 0 Å². The number of nitrogens with zero attached hydrogens (tertiary/aromatic N) is 2. The molecule has 0 amide bonds. The molecule has 1 fully saturated rings. The number of para-hydroxylation sites is 1. The molecule has 2 atom stereocenters. The predicted octanol–water partition coefficient (Wildman–Crippen LogP) is 3.00. The van der Waals surface area contributed by atoms with Crippen molar-refractivity contribution in [3.63, 3.8) is 0 Å². The molecule has 0 bridgehead atoms. The van der Waals surface area contributed by atoms with Gasteiger partial charge in [-0.1, -0.05) is 18.2 Å². The van der Waals surface area contributed by atoms with Crippen LogP contribution in [0.1, 0.15) is 43.1 Å². The summed E-state index contributed by atoms with van der Waals surface area (Å²) in [5, 5.41) is 7.90. The van der Waals surface area contributed by atoms with Crippen LogP contribution in [0.2, 0.25) is 0 Å². The average molecular weight is 341 g/mol. The van der Waals surface area contributed by atoms with E-state index in [0.717, 1.165) is 38.3 Å². The van der Waals surface area contributed by atoms with Gasteiger partial charge in [-0.05, 0) is 25.8 Å². The zero-order valence-electron chi connectivity index (χ0n) is 15.3. The van der Waals surface area contributed by atoms with Gasteiger partial charge in [0, 0.05) is 56.4 Å². The Morgan fingerprint density at radius 3 is 3.04 bits per heavy atom. The molecule has 4 rings (SSSR count). The number of benzene rings is 1. The minimum atomic E-state index is -0.0941. The van der Waals surface area contributed by atoms with Crippen LogP contribution in [0, 0.1) is 5.92 Å². The molecule has 2 aromatic rings. The number of aryl methyl sites for hydroxylation is 1. The molecule has 1 N–H and O–H groups in total. The van der Waals surface area contributed by atoms with E-state index in [4.69, 9.17) is 9.47 Å². The van der Waals surface area contributed by atoms with Crippen molar-refractivity contribution in [3.05, 3.63) is 47.3 Å². The van der Waals surface area contributed by atoms with Gasteiger partial charge in [0.25, 0.3) is 0 Å². The van der Waals surface area contributed by atoms with Gasteiger partial charge >= 0.3 is 0 Å². The average Bonchev–Trinajstić information content (AvgIpc) is 3.24. The maximum Gasteiger partial charge on any atom is 0.127 e. The van der Waals surface area contributed by atoms with Crippen LogP contribution in [0.15, 0.2) is 30.6 Å². The van der Waals surface area contributed by atoms with Gasteiger partial charge in [-0.15, -0.1) is 0 Å². The molecule has 134 valence electrons. The first kappa shape index (κ1) is 16.6. The Bertz CT molecular complexity index is 753. The number of nitrogens with one attached hydrogen (secondary N) is 1. The van der Waals surface area contributed by atoms with E-state index in [1.165, 1.54) is 16.7 Å². The monoisotopic (exact) mass is 341 g/mol. The van der Waals surface area contributed by atoms with Crippen LogP contribution in [-0.4, -0.2) is 28.5 Å². The highest BCUT2D eigenvalue weighted by atomic mass is 16.5. The summed E-state index contributed by atoms with van der Waals surface area (Å²) in [6.45, 7) is 6.89. The highest BCUT2D eigenvalue weighted by Gasteiger charge is 2.32. The van der Waals surface area contributed by atoms with Gasteiger partial charge in [-0.3, -0.25) is 4.68 Å². The molecule has 0 radical (unpaired) electrons. The number of ether oxygens (including phenoxy) is 2. The third kappa shape index (κ3) is 3.44. The van der Waals surface area contributed by atoms with Gasteiger partial charge in [-0.2, -0.15) is 5.10 Å². The van der Waals surface area contributed by atoms with E-state index in [1.807, 2.05) is 17.9 Å². The van der Waals surface area contributed by atoms with E-state index in [1.54, 1.807) is 0 Å². The van der Waals surface area contributed by atoms with Crippen molar-refractivity contribution in [2.45, 2.75) is 44.9 Å². The summed E-state index contributed by atoms with van der Waals surface area (Å²) in [5.74, 6) is 1.56. The first-order chi connectivity index (χ1) is 12.0. The van der Waals surface area contributed by atoms with Crippen molar-refractivity contribution in [1.82, 2.24) is 15.1 Å². The summed E-state index contributed by atoms with van der Waals surface area (Å²) in [7, 11) is 1.95. The molecule has 3 heterocycles. The van der Waals surface area contributed by atoms with E-state index < -0.39 is 0 Å². The molecule has 25 heavy (non-hydrogen) atoms. The van der Waals surface area contributed by atoms with E-state index in [2.05, 4.69) is 48.7 Å². The molecule has 1 aromatic carbocycles. The molecule has 5 nitrogen and oxygen atoms in total. The first-order valence-corrected chi connectivity index (χ1v) is 9.12. The molecule has 0 saturated carbocycles. The molecule has 1 aromatic heterocycles. The Morgan fingerprint density at radius 1 is 1.36 bits per heavy atom. The summed E-state index contributed by atoms with van der Waals surface area (Å²) in [6.07, 6.45) is 6.20. The zero-order valence-corrected chi connectivity index (χ0v) is 15.3. The topological polar surface area (TPSA) is 48.3 Å². The van der Waals surface area contributed by atoms with Gasteiger partial charge in [0.2, 0.25) is 0 Å². The van der Waals surface area contributed by atoms with Gasteiger partial charge in [-0.25, -0.2) is 0 Å². The van der Waals surface area contributed by atoms with Gasteiger partial charge in [0.1, 0.15) is 11.4 Å². The SMILES string of the molecule is Cn1cc([C@H]2OCC[C@@H]2CNCc2cccc3c2OC(C)(C)C3)cn1. The molecule has 0 aliphatic carbocycles. The van der Waals surface area contributed by atoms with Crippen LogP contribution in [-0.2, 0) is 24.8 Å². The number of aromatic nitrogens is 2. The molecule has 0 unspecified atom stereocenters. The van der Waals surface area contributed by atoms with E-state index in [-0.39, 0.29) is 11.7 Å². The fourth-order valence-corrected chi connectivity index (χ4v) is 4.01. The summed E-state index contributed by atoms with van der Waals surface area (Å²) < 4.78 is 14.0. The second-order valence-electron chi connectivity index (χ2n) is 7.86. The Hall–Kier alpha value is -1.85. The smallest absolute Gasteiger partial charge is 0.127 e. The third-order valence-electron chi connectivity index (χ3n) is 5.16. The molecule has 5 heteroatoms. The summed E-state index contributed by atoms with van der Waals surface area (Å²) in [6, 6.07) is 6.48. The Labute approximate surface area is 149 Å². The van der Waals surface area contributed by atoms with Crippen LogP contribution in [0.25, 0.3) is 0 Å². The molecular formula is C20H27N3O2. The van der Waals surface area contributed by atoms with Crippen molar-refractivity contribution in [2.75, 3.05) is 13.2 Å². The lowest BCUT2D eigenvalue weighted by Gasteiger charge is -2.20. The molecular weight excluding hydrogens is 314 g/mol. The Kier molecular flexibility index (Phi) is 4.29. The lowest BCUT2D eigenvalue weighted by atomic mass is 9.97. The Balaban J connectivity index is 1.38. The van der Waals surface area contributed by atoms with Crippen molar-refractivity contribution in [1.29, 1.82) is 0 Å². The van der Waals surface area contributed by atoms with Crippen LogP contribution < -0.4 is 10.1 Å². The zero-order chi connectivity index (χ0) is 17.4. The second kappa shape index (κ2) is 6.46. The fraction of sp³-hybridized carbons (Fsp3) is 0.550. The fourth-order valence-electron chi connectivity index (χ4n) is 4.01. The lowest BCUT2D eigenvalue weighted by molar-refractivity contribution is 0.0903. The van der Waals surface area contributed by atoms with E-state index >= 15 is 0 Å². The standard InChI is InChI=1S/C20H27N3O2/c1-20(2)9-14-5-4-6-15(19(14)25-20)10-21-11-16-7-8-24-18(16)17-12-22-23(3)13-17/h4-6,12-13,16,18,21H,7-11H2,1-3H3/t16-,18+/m1/s1. The second-order valence-corrected chi connectivity index (χ2v) is 7.86. The molecule has 2 aliphatic heterocycles. The Morgan fingerprint density at radius 2 is 2.24 bits per heavy atom. The van der Waals surface area contributed by atoms with Crippen molar-refractivity contribution in [2.24, 2.45) is 13.0 Å². The largest absolute Gasteiger partial charge is 0.487 e. The van der Waals surface area contributed by atoms with Crippen molar-refractivity contribution in [3.8, 4) is 5.75 Å². The first-order valence-electron chi connectivity index (χ1n) is 9.12.